The van der Waals surface area contributed by atoms with Gasteiger partial charge in [-0.25, -0.2) is 26.9 Å². The molecule has 0 radical (unpaired) electrons. The maximum absolute atomic E-state index is 15.3. The summed E-state index contributed by atoms with van der Waals surface area (Å²) in [4.78, 5) is 52.0. The SMILES string of the molecule is COc1cc(O)c([C@H]2C3=CC[C@@H]4C(=O)N(CCc5ccc(O)cc5)C(=O)[C@@H]4[C@@H]3C[C@@]3(Cl)C(=O)N(c4c(F)c(F)c(F)c(F)c4F)C(=O)[C@@]23Cl)c(OC)c1. The van der Waals surface area contributed by atoms with Crippen LogP contribution in [0.3, 0.4) is 0 Å². The third-order valence-electron chi connectivity index (χ3n) is 10.7. The van der Waals surface area contributed by atoms with Gasteiger partial charge in [0.15, 0.2) is 33.0 Å². The first-order valence-electron chi connectivity index (χ1n) is 16.1. The lowest BCUT2D eigenvalue weighted by atomic mass is 9.56. The molecule has 1 saturated carbocycles. The van der Waals surface area contributed by atoms with E-state index in [9.17, 15) is 42.6 Å². The number of aromatic hydroxyl groups is 2. The summed E-state index contributed by atoms with van der Waals surface area (Å²) in [5.74, 6) is -22.9. The number of likely N-dealkylation sites (tertiary alicyclic amines) is 1. The molecule has 2 heterocycles. The van der Waals surface area contributed by atoms with E-state index in [1.54, 1.807) is 12.1 Å². The summed E-state index contributed by atoms with van der Waals surface area (Å²) >= 11 is 14.3. The number of rotatable bonds is 7. The van der Waals surface area contributed by atoms with E-state index in [1.165, 1.54) is 38.5 Å². The van der Waals surface area contributed by atoms with Gasteiger partial charge in [-0.05, 0) is 42.9 Å². The number of fused-ring (bicyclic) bond motifs is 4. The van der Waals surface area contributed by atoms with Crippen LogP contribution in [0.1, 0.15) is 29.9 Å². The molecule has 2 N–H and O–H groups in total. The Bertz CT molecular complexity index is 2140. The van der Waals surface area contributed by atoms with Gasteiger partial charge in [0, 0.05) is 30.2 Å². The average molecular weight is 782 g/mol. The van der Waals surface area contributed by atoms with Crippen LogP contribution >= 0.6 is 23.2 Å². The molecule has 3 aromatic rings. The Morgan fingerprint density at radius 1 is 0.830 bits per heavy atom. The Morgan fingerprint density at radius 2 is 1.45 bits per heavy atom. The van der Waals surface area contributed by atoms with Crippen LogP contribution in [-0.4, -0.2) is 69.3 Å². The minimum atomic E-state index is -2.86. The van der Waals surface area contributed by atoms with Gasteiger partial charge in [-0.15, -0.1) is 23.2 Å². The van der Waals surface area contributed by atoms with Gasteiger partial charge in [-0.1, -0.05) is 23.8 Å². The number of allylic oxidation sites excluding steroid dienone is 2. The van der Waals surface area contributed by atoms with E-state index in [0.717, 1.165) is 11.0 Å². The minimum Gasteiger partial charge on any atom is -0.508 e. The van der Waals surface area contributed by atoms with Crippen LogP contribution in [0.4, 0.5) is 27.6 Å². The number of nitrogens with zero attached hydrogens (tertiary/aromatic N) is 2. The summed E-state index contributed by atoms with van der Waals surface area (Å²) in [6.45, 7) is -0.0646. The summed E-state index contributed by atoms with van der Waals surface area (Å²) in [5.41, 5.74) is -1.35. The molecule has 4 aliphatic rings. The molecule has 53 heavy (non-hydrogen) atoms. The number of imide groups is 2. The number of hydrogen-bond donors (Lipinski definition) is 2. The van der Waals surface area contributed by atoms with Crippen LogP contribution in [0.15, 0.2) is 48.0 Å². The van der Waals surface area contributed by atoms with E-state index in [0.29, 0.717) is 5.56 Å². The predicted octanol–water partition coefficient (Wildman–Crippen LogP) is 5.62. The van der Waals surface area contributed by atoms with Gasteiger partial charge in [0.2, 0.25) is 17.6 Å². The normalized spacial score (nSPS) is 27.8. The first-order chi connectivity index (χ1) is 25.0. The van der Waals surface area contributed by atoms with Crippen molar-refractivity contribution < 1.29 is 60.8 Å². The van der Waals surface area contributed by atoms with Crippen LogP contribution in [0.5, 0.6) is 23.0 Å². The van der Waals surface area contributed by atoms with E-state index in [1.807, 2.05) is 0 Å². The molecule has 0 bridgehead atoms. The summed E-state index contributed by atoms with van der Waals surface area (Å²) in [6, 6.07) is 8.52. The molecule has 10 nitrogen and oxygen atoms in total. The second-order valence-corrected chi connectivity index (χ2v) is 14.4. The zero-order valence-corrected chi connectivity index (χ0v) is 29.1. The average Bonchev–Trinajstić information content (AvgIpc) is 3.47. The number of phenolic OH excluding ortho intramolecular Hbond substituents is 2. The minimum absolute atomic E-state index is 0.0159. The third-order valence-corrected chi connectivity index (χ3v) is 12.1. The Labute approximate surface area is 307 Å². The Hall–Kier alpha value is -4.89. The number of benzene rings is 3. The molecule has 4 amide bonds. The van der Waals surface area contributed by atoms with Crippen molar-refractivity contribution in [2.45, 2.75) is 34.9 Å². The van der Waals surface area contributed by atoms with E-state index in [-0.39, 0.29) is 52.7 Å². The van der Waals surface area contributed by atoms with Crippen LogP contribution < -0.4 is 14.4 Å². The zero-order chi connectivity index (χ0) is 38.5. The summed E-state index contributed by atoms with van der Waals surface area (Å²) in [6.07, 6.45) is 0.934. The van der Waals surface area contributed by atoms with E-state index in [4.69, 9.17) is 32.7 Å². The largest absolute Gasteiger partial charge is 0.508 e. The highest BCUT2D eigenvalue weighted by molar-refractivity contribution is 6.58. The molecule has 3 fully saturated rings. The lowest BCUT2D eigenvalue weighted by Crippen LogP contribution is -2.60. The Kier molecular flexibility index (Phi) is 8.68. The predicted molar refractivity (Wildman–Crippen MR) is 176 cm³/mol. The number of hydrogen-bond acceptors (Lipinski definition) is 8. The molecule has 6 atom stereocenters. The topological polar surface area (TPSA) is 134 Å². The quantitative estimate of drug-likeness (QED) is 0.0790. The van der Waals surface area contributed by atoms with E-state index >= 15 is 8.78 Å². The molecule has 0 spiro atoms. The van der Waals surface area contributed by atoms with Gasteiger partial charge < -0.3 is 19.7 Å². The molecule has 0 aromatic heterocycles. The number of carbonyl (C=O) groups excluding carboxylic acids is 4. The van der Waals surface area contributed by atoms with Crippen LogP contribution in [0, 0.1) is 46.8 Å². The van der Waals surface area contributed by atoms with Crippen LogP contribution in [0.25, 0.3) is 0 Å². The number of amides is 4. The van der Waals surface area contributed by atoms with Crippen molar-refractivity contribution in [3.05, 3.63) is 88.3 Å². The fourth-order valence-electron chi connectivity index (χ4n) is 8.24. The van der Waals surface area contributed by atoms with Crippen LogP contribution in [0.2, 0.25) is 0 Å². The Balaban J connectivity index is 1.40. The van der Waals surface area contributed by atoms with Gasteiger partial charge in [-0.3, -0.25) is 24.1 Å². The smallest absolute Gasteiger partial charge is 0.258 e. The van der Waals surface area contributed by atoms with Crippen molar-refractivity contribution >= 4 is 52.5 Å². The third kappa shape index (κ3) is 4.95. The fourth-order valence-corrected chi connectivity index (χ4v) is 9.16. The van der Waals surface area contributed by atoms with Crippen LogP contribution in [-0.2, 0) is 25.6 Å². The number of anilines is 1. The molecule has 2 saturated heterocycles. The first kappa shape index (κ1) is 36.5. The second-order valence-electron chi connectivity index (χ2n) is 13.2. The lowest BCUT2D eigenvalue weighted by molar-refractivity contribution is -0.140. The molecule has 2 aliphatic carbocycles. The van der Waals surface area contributed by atoms with E-state index in [2.05, 4.69) is 0 Å². The number of methoxy groups -OCH3 is 2. The number of halogens is 7. The van der Waals surface area contributed by atoms with Crippen molar-refractivity contribution in [1.29, 1.82) is 0 Å². The number of carbonyl (C=O) groups is 4. The summed E-state index contributed by atoms with van der Waals surface area (Å²) < 4.78 is 84.4. The summed E-state index contributed by atoms with van der Waals surface area (Å²) in [5, 5.41) is 21.1. The fraction of sp³-hybridized carbons (Fsp3) is 0.333. The highest BCUT2D eigenvalue weighted by Gasteiger charge is 2.77. The first-order valence-corrected chi connectivity index (χ1v) is 16.8. The molecular weight excluding hydrogens is 754 g/mol. The standard InChI is InChI=1S/C36H27Cl2F5N2O8/c1-52-16-11-20(47)23(21(12-16)53-2)24-17-7-8-18-22(32(49)44(31(18)48)10-9-14-3-5-15(46)6-4-14)19(17)13-35(37)33(50)45(34(51)36(24,35)38)30-28(42)26(40)25(39)27(41)29(30)43/h3-7,11-12,18-19,22,24,46-47H,8-10,13H2,1-2H3/t18-,19+,22-,24+,35+,36-/m0/s1. The van der Waals surface area contributed by atoms with Crippen molar-refractivity contribution in [1.82, 2.24) is 4.90 Å². The summed E-state index contributed by atoms with van der Waals surface area (Å²) in [7, 11) is 2.46. The van der Waals surface area contributed by atoms with Gasteiger partial charge in [-0.2, -0.15) is 0 Å². The van der Waals surface area contributed by atoms with Gasteiger partial charge in [0.05, 0.1) is 26.1 Å². The highest BCUT2D eigenvalue weighted by atomic mass is 35.5. The lowest BCUT2D eigenvalue weighted by Gasteiger charge is -2.50. The second kappa shape index (κ2) is 12.6. The molecule has 3 aromatic carbocycles. The number of alkyl halides is 2. The van der Waals surface area contributed by atoms with Crippen molar-refractivity contribution in [2.75, 3.05) is 25.7 Å². The van der Waals surface area contributed by atoms with Gasteiger partial charge in [0.25, 0.3) is 11.8 Å². The monoisotopic (exact) mass is 780 g/mol. The molecule has 17 heteroatoms. The zero-order valence-electron chi connectivity index (χ0n) is 27.6. The molecular formula is C36H27Cl2F5N2O8. The van der Waals surface area contributed by atoms with Crippen molar-refractivity contribution in [3.8, 4) is 23.0 Å². The molecule has 278 valence electrons. The van der Waals surface area contributed by atoms with Crippen molar-refractivity contribution in [3.63, 3.8) is 0 Å². The van der Waals surface area contributed by atoms with Gasteiger partial charge >= 0.3 is 0 Å². The van der Waals surface area contributed by atoms with Gasteiger partial charge in [0.1, 0.15) is 28.7 Å². The number of ether oxygens (including phenoxy) is 2. The molecule has 2 aliphatic heterocycles. The highest BCUT2D eigenvalue weighted by Crippen LogP contribution is 2.67. The molecule has 0 unspecified atom stereocenters. The van der Waals surface area contributed by atoms with Crippen molar-refractivity contribution in [2.24, 2.45) is 17.8 Å². The Morgan fingerprint density at radius 3 is 2.06 bits per heavy atom. The number of phenols is 2. The van der Waals surface area contributed by atoms with E-state index < -0.39 is 104 Å². The maximum atomic E-state index is 15.3. The molecule has 7 rings (SSSR count). The maximum Gasteiger partial charge on any atom is 0.258 e.